The summed E-state index contributed by atoms with van der Waals surface area (Å²) in [6.07, 6.45) is 5.18. The summed E-state index contributed by atoms with van der Waals surface area (Å²) in [5.74, 6) is -0.304. The van der Waals surface area contributed by atoms with E-state index in [1.54, 1.807) is 24.5 Å². The number of carbonyl (C=O) groups is 2. The number of amides is 2. The fraction of sp³-hybridized carbons (Fsp3) is 0.333. The predicted molar refractivity (Wildman–Crippen MR) is 105 cm³/mol. The van der Waals surface area contributed by atoms with Crippen LogP contribution in [0.25, 0.3) is 0 Å². The average Bonchev–Trinajstić information content (AvgIpc) is 3.12. The van der Waals surface area contributed by atoms with Crippen molar-refractivity contribution in [2.24, 2.45) is 5.16 Å². The minimum Gasteiger partial charge on any atom is -0.386 e. The summed E-state index contributed by atoms with van der Waals surface area (Å²) < 4.78 is 0. The molecule has 144 valence electrons. The Morgan fingerprint density at radius 3 is 2.86 bits per heavy atom. The van der Waals surface area contributed by atoms with Gasteiger partial charge < -0.3 is 15.1 Å². The molecular formula is C21H22N4O3. The number of hydrogen-bond donors (Lipinski definition) is 1. The van der Waals surface area contributed by atoms with Crippen molar-refractivity contribution in [3.8, 4) is 0 Å². The number of hydrogen-bond acceptors (Lipinski definition) is 5. The zero-order valence-electron chi connectivity index (χ0n) is 15.7. The first kappa shape index (κ1) is 18.2. The van der Waals surface area contributed by atoms with Gasteiger partial charge >= 0.3 is 0 Å². The lowest BCUT2D eigenvalue weighted by atomic mass is 9.87. The molecule has 2 amide bonds. The van der Waals surface area contributed by atoms with Gasteiger partial charge in [-0.3, -0.25) is 14.6 Å². The van der Waals surface area contributed by atoms with E-state index in [1.165, 1.54) is 0 Å². The molecule has 4 rings (SSSR count). The van der Waals surface area contributed by atoms with E-state index in [0.29, 0.717) is 36.5 Å². The van der Waals surface area contributed by atoms with Gasteiger partial charge in [0, 0.05) is 24.7 Å². The van der Waals surface area contributed by atoms with Crippen molar-refractivity contribution < 1.29 is 14.4 Å². The normalized spacial score (nSPS) is 21.2. The summed E-state index contributed by atoms with van der Waals surface area (Å²) in [6, 6.07) is 11.1. The maximum Gasteiger partial charge on any atom is 0.273 e. The molecule has 28 heavy (non-hydrogen) atoms. The van der Waals surface area contributed by atoms with Crippen LogP contribution in [0.3, 0.4) is 0 Å². The van der Waals surface area contributed by atoms with E-state index in [9.17, 15) is 9.59 Å². The number of benzene rings is 1. The number of rotatable bonds is 3. The molecular weight excluding hydrogens is 356 g/mol. The second-order valence-corrected chi connectivity index (χ2v) is 7.33. The Hall–Kier alpha value is -3.22. The third-order valence-electron chi connectivity index (χ3n) is 5.22. The summed E-state index contributed by atoms with van der Waals surface area (Å²) in [4.78, 5) is 37.0. The lowest BCUT2D eigenvalue weighted by Crippen LogP contribution is -2.51. The molecule has 0 aliphatic carbocycles. The molecule has 0 radical (unpaired) electrons. The van der Waals surface area contributed by atoms with Gasteiger partial charge in [-0.05, 0) is 43.5 Å². The number of anilines is 1. The number of carbonyl (C=O) groups excluding carboxylic acids is 2. The highest BCUT2D eigenvalue weighted by molar-refractivity contribution is 6.43. The predicted octanol–water partition coefficient (Wildman–Crippen LogP) is 2.78. The molecule has 7 nitrogen and oxygen atoms in total. The highest BCUT2D eigenvalue weighted by atomic mass is 16.7. The van der Waals surface area contributed by atoms with Crippen molar-refractivity contribution in [1.82, 2.24) is 9.88 Å². The average molecular weight is 378 g/mol. The number of likely N-dealkylation sites (tertiary alicyclic amines) is 1. The summed E-state index contributed by atoms with van der Waals surface area (Å²) in [7, 11) is 0. The molecule has 0 bridgehead atoms. The molecule has 0 unspecified atom stereocenters. The molecule has 2 aliphatic heterocycles. The van der Waals surface area contributed by atoms with Gasteiger partial charge in [0.15, 0.2) is 5.60 Å². The lowest BCUT2D eigenvalue weighted by Gasteiger charge is -2.38. The zero-order valence-corrected chi connectivity index (χ0v) is 15.7. The van der Waals surface area contributed by atoms with Gasteiger partial charge in [0.25, 0.3) is 11.8 Å². The van der Waals surface area contributed by atoms with E-state index in [0.717, 1.165) is 18.4 Å². The maximum absolute atomic E-state index is 13.0. The van der Waals surface area contributed by atoms with Crippen LogP contribution in [-0.4, -0.2) is 46.1 Å². The topological polar surface area (TPSA) is 83.9 Å². The number of pyridine rings is 1. The van der Waals surface area contributed by atoms with Crippen LogP contribution in [0.1, 0.15) is 35.2 Å². The minimum absolute atomic E-state index is 0.00552. The van der Waals surface area contributed by atoms with Gasteiger partial charge in [0.2, 0.25) is 0 Å². The summed E-state index contributed by atoms with van der Waals surface area (Å²) >= 11 is 0. The van der Waals surface area contributed by atoms with Crippen LogP contribution in [0.4, 0.5) is 5.69 Å². The summed E-state index contributed by atoms with van der Waals surface area (Å²) in [6.45, 7) is 3.03. The van der Waals surface area contributed by atoms with E-state index < -0.39 is 5.60 Å². The molecule has 1 aromatic carbocycles. The van der Waals surface area contributed by atoms with Crippen LogP contribution < -0.4 is 5.32 Å². The van der Waals surface area contributed by atoms with Crippen LogP contribution in [0.2, 0.25) is 0 Å². The van der Waals surface area contributed by atoms with Crippen molar-refractivity contribution in [1.29, 1.82) is 0 Å². The molecule has 1 atom stereocenters. The molecule has 7 heteroatoms. The standard InChI is InChI=1S/C21H22N4O3/c1-15-6-2-3-8-17(15)20(27)25-11-5-9-21(14-25)12-18(24-28-21)19(26)23-16-7-4-10-22-13-16/h2-4,6-8,10,13H,5,9,11-12,14H2,1H3,(H,23,26)/t21-/m0/s1. The molecule has 1 aromatic heterocycles. The van der Waals surface area contributed by atoms with E-state index in [2.05, 4.69) is 15.5 Å². The second kappa shape index (κ2) is 7.42. The highest BCUT2D eigenvalue weighted by Gasteiger charge is 2.45. The van der Waals surface area contributed by atoms with Crippen LogP contribution >= 0.6 is 0 Å². The van der Waals surface area contributed by atoms with E-state index >= 15 is 0 Å². The second-order valence-electron chi connectivity index (χ2n) is 7.33. The minimum atomic E-state index is -0.627. The molecule has 1 fully saturated rings. The summed E-state index contributed by atoms with van der Waals surface area (Å²) in [5.41, 5.74) is 1.98. The SMILES string of the molecule is Cc1ccccc1C(=O)N1CCC[C@]2(CC(C(=O)Nc3cccnc3)=NO2)C1. The van der Waals surface area contributed by atoms with Crippen molar-refractivity contribution >= 4 is 23.2 Å². The van der Waals surface area contributed by atoms with Gasteiger partial charge in [0.1, 0.15) is 5.71 Å². The van der Waals surface area contributed by atoms with Crippen LogP contribution in [0.15, 0.2) is 53.9 Å². The number of nitrogens with one attached hydrogen (secondary N) is 1. The zero-order chi connectivity index (χ0) is 19.6. The third-order valence-corrected chi connectivity index (χ3v) is 5.22. The Morgan fingerprint density at radius 1 is 1.21 bits per heavy atom. The van der Waals surface area contributed by atoms with Crippen molar-refractivity contribution in [3.63, 3.8) is 0 Å². The number of aryl methyl sites for hydroxylation is 1. The van der Waals surface area contributed by atoms with Gasteiger partial charge in [-0.2, -0.15) is 0 Å². The number of piperidine rings is 1. The maximum atomic E-state index is 13.0. The van der Waals surface area contributed by atoms with E-state index in [-0.39, 0.29) is 11.8 Å². The first-order valence-corrected chi connectivity index (χ1v) is 9.38. The Labute approximate surface area is 163 Å². The van der Waals surface area contributed by atoms with Crippen LogP contribution in [0, 0.1) is 6.92 Å². The lowest BCUT2D eigenvalue weighted by molar-refractivity contribution is -0.110. The largest absolute Gasteiger partial charge is 0.386 e. The Bertz CT molecular complexity index is 928. The van der Waals surface area contributed by atoms with Gasteiger partial charge in [-0.15, -0.1) is 0 Å². The third kappa shape index (κ3) is 3.60. The molecule has 1 spiro atoms. The van der Waals surface area contributed by atoms with Crippen molar-refractivity contribution in [3.05, 3.63) is 59.9 Å². The van der Waals surface area contributed by atoms with Crippen molar-refractivity contribution in [2.45, 2.75) is 31.8 Å². The van der Waals surface area contributed by atoms with Crippen LogP contribution in [0.5, 0.6) is 0 Å². The number of nitrogens with zero attached hydrogens (tertiary/aromatic N) is 3. The first-order valence-electron chi connectivity index (χ1n) is 9.38. The van der Waals surface area contributed by atoms with Crippen molar-refractivity contribution in [2.75, 3.05) is 18.4 Å². The molecule has 1 saturated heterocycles. The van der Waals surface area contributed by atoms with E-state index in [4.69, 9.17) is 4.84 Å². The smallest absolute Gasteiger partial charge is 0.273 e. The highest BCUT2D eigenvalue weighted by Crippen LogP contribution is 2.34. The Kier molecular flexibility index (Phi) is 4.81. The van der Waals surface area contributed by atoms with E-state index in [1.807, 2.05) is 36.1 Å². The van der Waals surface area contributed by atoms with Gasteiger partial charge in [0.05, 0.1) is 18.4 Å². The molecule has 2 aromatic rings. The number of oxime groups is 1. The molecule has 1 N–H and O–H groups in total. The monoisotopic (exact) mass is 378 g/mol. The van der Waals surface area contributed by atoms with Crippen LogP contribution in [-0.2, 0) is 9.63 Å². The van der Waals surface area contributed by atoms with Gasteiger partial charge in [-0.25, -0.2) is 0 Å². The first-order chi connectivity index (χ1) is 13.6. The molecule has 2 aliphatic rings. The quantitative estimate of drug-likeness (QED) is 0.890. The fourth-order valence-corrected chi connectivity index (χ4v) is 3.76. The number of aromatic nitrogens is 1. The molecule has 3 heterocycles. The fourth-order valence-electron chi connectivity index (χ4n) is 3.76. The molecule has 0 saturated carbocycles. The Morgan fingerprint density at radius 2 is 2.07 bits per heavy atom. The summed E-state index contributed by atoms with van der Waals surface area (Å²) in [5, 5.41) is 6.82. The van der Waals surface area contributed by atoms with Gasteiger partial charge in [-0.1, -0.05) is 23.4 Å². The Balaban J connectivity index is 1.43.